The molecule has 2 aromatic heterocycles. The first-order chi connectivity index (χ1) is 19.6. The lowest BCUT2D eigenvalue weighted by Gasteiger charge is -2.10. The summed E-state index contributed by atoms with van der Waals surface area (Å²) in [6, 6.07) is 12.4. The van der Waals surface area contributed by atoms with Crippen LogP contribution in [0.25, 0.3) is 11.0 Å². The molecule has 4 aromatic rings. The molecule has 3 N–H and O–H groups in total. The van der Waals surface area contributed by atoms with Crippen LogP contribution < -0.4 is 20.1 Å². The summed E-state index contributed by atoms with van der Waals surface area (Å²) in [4.78, 5) is 41.2. The van der Waals surface area contributed by atoms with Crippen LogP contribution in [0.5, 0.6) is 17.2 Å². The van der Waals surface area contributed by atoms with E-state index >= 15 is 0 Å². The smallest absolute Gasteiger partial charge is 0.475 e. The van der Waals surface area contributed by atoms with Crippen molar-refractivity contribution in [3.63, 3.8) is 0 Å². The van der Waals surface area contributed by atoms with Gasteiger partial charge in [0.05, 0.1) is 5.52 Å². The van der Waals surface area contributed by atoms with E-state index in [1.54, 1.807) is 24.3 Å². The van der Waals surface area contributed by atoms with Gasteiger partial charge in [-0.25, -0.2) is 9.78 Å². The maximum absolute atomic E-state index is 12.4. The third-order valence-corrected chi connectivity index (χ3v) is 4.65. The van der Waals surface area contributed by atoms with Crippen molar-refractivity contribution in [2.75, 3.05) is 12.4 Å². The van der Waals surface area contributed by atoms with Crippen LogP contribution in [0.1, 0.15) is 20.8 Å². The number of carbonyl (C=O) groups excluding carboxylic acids is 2. The van der Waals surface area contributed by atoms with Gasteiger partial charge in [0.25, 0.3) is 11.8 Å². The number of hydrogen-bond acceptors (Lipinski definition) is 9. The zero-order valence-electron chi connectivity index (χ0n) is 20.8. The number of pyridine rings is 1. The van der Waals surface area contributed by atoms with Crippen molar-refractivity contribution in [2.45, 2.75) is 12.5 Å². The second-order valence-electron chi connectivity index (χ2n) is 7.68. The van der Waals surface area contributed by atoms with Gasteiger partial charge in [0.1, 0.15) is 28.5 Å². The maximum Gasteiger partial charge on any atom is 0.573 e. The molecule has 42 heavy (non-hydrogen) atoms. The molecule has 0 bridgehead atoms. The van der Waals surface area contributed by atoms with Crippen LogP contribution in [0.2, 0.25) is 0 Å². The minimum absolute atomic E-state index is 0.0901. The molecule has 2 heterocycles. The Kier molecular flexibility index (Phi) is 9.40. The fraction of sp³-hybridized carbons (Fsp3) is 0.125. The highest BCUT2D eigenvalue weighted by Crippen LogP contribution is 2.26. The molecule has 0 unspecified atom stereocenters. The number of nitrogens with one attached hydrogen (secondary N) is 2. The summed E-state index contributed by atoms with van der Waals surface area (Å²) in [5, 5.41) is 19.8. The molecular formula is C24H16F6N6O6. The van der Waals surface area contributed by atoms with Gasteiger partial charge in [-0.1, -0.05) is 6.07 Å². The molecule has 0 radical (unpaired) electrons. The predicted molar refractivity (Wildman–Crippen MR) is 130 cm³/mol. The highest BCUT2D eigenvalue weighted by atomic mass is 19.4. The first-order valence-corrected chi connectivity index (χ1v) is 11.1. The van der Waals surface area contributed by atoms with Gasteiger partial charge >= 0.3 is 18.5 Å². The Hall–Kier alpha value is -5.55. The number of ether oxygens (including phenoxy) is 2. The van der Waals surface area contributed by atoms with Gasteiger partial charge < -0.3 is 19.9 Å². The minimum Gasteiger partial charge on any atom is -0.475 e. The molecule has 0 fully saturated rings. The standard InChI is InChI=1S/C22H15F3N6O4.C2HF3O2/c1-26-20(33)18-11-14(7-8-27-18)34-13-5-6-16-17(10-13)30-31-21(28-16)29-19(32)12-3-2-4-15(9-12)35-22(23,24)25;3-2(4,5)1(6)7/h2-11H,1H3,(H,26,33)(H,28,29,31,32);(H,6,7). The van der Waals surface area contributed by atoms with Gasteiger partial charge in [-0.05, 0) is 36.4 Å². The van der Waals surface area contributed by atoms with Gasteiger partial charge in [0, 0.05) is 30.9 Å². The van der Waals surface area contributed by atoms with Crippen molar-refractivity contribution >= 4 is 34.8 Å². The molecule has 0 saturated carbocycles. The van der Waals surface area contributed by atoms with Crippen LogP contribution in [0.3, 0.4) is 0 Å². The lowest BCUT2D eigenvalue weighted by atomic mass is 10.2. The zero-order chi connectivity index (χ0) is 31.1. The Morgan fingerprint density at radius 1 is 0.833 bits per heavy atom. The summed E-state index contributed by atoms with van der Waals surface area (Å²) in [6.45, 7) is 0. The van der Waals surface area contributed by atoms with Crippen molar-refractivity contribution in [1.82, 2.24) is 25.5 Å². The van der Waals surface area contributed by atoms with E-state index in [0.717, 1.165) is 12.1 Å². The number of rotatable bonds is 6. The summed E-state index contributed by atoms with van der Waals surface area (Å²) in [7, 11) is 1.49. The van der Waals surface area contributed by atoms with Gasteiger partial charge in [0.2, 0.25) is 5.95 Å². The molecule has 2 aromatic carbocycles. The van der Waals surface area contributed by atoms with Gasteiger partial charge in [-0.15, -0.1) is 23.4 Å². The zero-order valence-corrected chi connectivity index (χ0v) is 20.8. The number of hydrogen-bond donors (Lipinski definition) is 3. The van der Waals surface area contributed by atoms with Crippen LogP contribution in [0.4, 0.5) is 32.3 Å². The van der Waals surface area contributed by atoms with Crippen LogP contribution in [-0.4, -0.2) is 62.6 Å². The molecule has 12 nitrogen and oxygen atoms in total. The quantitative estimate of drug-likeness (QED) is 0.272. The Balaban J connectivity index is 0.000000616. The SMILES string of the molecule is CNC(=O)c1cc(Oc2ccc3nc(NC(=O)c4cccc(OC(F)(F)F)c4)nnc3c2)ccn1.O=C(O)C(F)(F)F. The molecule has 0 atom stereocenters. The number of aliphatic carboxylic acids is 1. The first-order valence-electron chi connectivity index (χ1n) is 11.1. The average Bonchev–Trinajstić information content (AvgIpc) is 2.92. The van der Waals surface area contributed by atoms with E-state index < -0.39 is 30.2 Å². The molecule has 0 aliphatic heterocycles. The normalized spacial score (nSPS) is 11.1. The van der Waals surface area contributed by atoms with E-state index in [-0.39, 0.29) is 23.1 Å². The number of halogens is 6. The lowest BCUT2D eigenvalue weighted by molar-refractivity contribution is -0.274. The van der Waals surface area contributed by atoms with Crippen LogP contribution in [-0.2, 0) is 4.79 Å². The van der Waals surface area contributed by atoms with E-state index in [1.165, 1.54) is 31.4 Å². The largest absolute Gasteiger partial charge is 0.573 e. The fourth-order valence-corrected chi connectivity index (χ4v) is 2.90. The molecule has 0 aliphatic carbocycles. The fourth-order valence-electron chi connectivity index (χ4n) is 2.90. The monoisotopic (exact) mass is 598 g/mol. The second kappa shape index (κ2) is 12.7. The highest BCUT2D eigenvalue weighted by molar-refractivity contribution is 6.03. The topological polar surface area (TPSA) is 166 Å². The van der Waals surface area contributed by atoms with E-state index in [4.69, 9.17) is 14.6 Å². The molecule has 4 rings (SSSR count). The Bertz CT molecular complexity index is 1620. The summed E-state index contributed by atoms with van der Waals surface area (Å²) in [5.41, 5.74) is 0.815. The van der Waals surface area contributed by atoms with Gasteiger partial charge in [-0.2, -0.15) is 13.2 Å². The highest BCUT2D eigenvalue weighted by Gasteiger charge is 2.38. The molecule has 18 heteroatoms. The van der Waals surface area contributed by atoms with Crippen molar-refractivity contribution in [3.05, 3.63) is 72.1 Å². The number of amides is 2. The van der Waals surface area contributed by atoms with Crippen molar-refractivity contribution < 1.29 is 55.3 Å². The number of benzene rings is 2. The number of carboxylic acid groups (broad SMARTS) is 1. The predicted octanol–water partition coefficient (Wildman–Crippen LogP) is 4.36. The molecule has 2 amide bonds. The molecule has 0 aliphatic rings. The number of aromatic nitrogens is 4. The Morgan fingerprint density at radius 3 is 2.17 bits per heavy atom. The van der Waals surface area contributed by atoms with Crippen molar-refractivity contribution in [3.8, 4) is 17.2 Å². The average molecular weight is 598 g/mol. The van der Waals surface area contributed by atoms with E-state index in [0.29, 0.717) is 22.5 Å². The number of carboxylic acids is 1. The number of alkyl halides is 6. The molecule has 0 spiro atoms. The Morgan fingerprint density at radius 2 is 1.52 bits per heavy atom. The van der Waals surface area contributed by atoms with E-state index in [2.05, 4.69) is 35.5 Å². The van der Waals surface area contributed by atoms with Crippen molar-refractivity contribution in [1.29, 1.82) is 0 Å². The van der Waals surface area contributed by atoms with Gasteiger partial charge in [-0.3, -0.25) is 19.9 Å². The second-order valence-corrected chi connectivity index (χ2v) is 7.68. The summed E-state index contributed by atoms with van der Waals surface area (Å²) in [5.74, 6) is -3.79. The maximum atomic E-state index is 12.4. The number of carbonyl (C=O) groups is 3. The summed E-state index contributed by atoms with van der Waals surface area (Å²) >= 11 is 0. The van der Waals surface area contributed by atoms with Gasteiger partial charge in [0.15, 0.2) is 0 Å². The lowest BCUT2D eigenvalue weighted by Crippen LogP contribution is -2.21. The van der Waals surface area contributed by atoms with E-state index in [9.17, 15) is 35.9 Å². The third kappa shape index (κ3) is 9.00. The number of anilines is 1. The molecule has 0 saturated heterocycles. The minimum atomic E-state index is -5.08. The summed E-state index contributed by atoms with van der Waals surface area (Å²) in [6.07, 6.45) is -8.53. The number of fused-ring (bicyclic) bond motifs is 1. The Labute approximate surface area is 230 Å². The third-order valence-electron chi connectivity index (χ3n) is 4.65. The summed E-state index contributed by atoms with van der Waals surface area (Å²) < 4.78 is 78.5. The van der Waals surface area contributed by atoms with Crippen LogP contribution in [0, 0.1) is 0 Å². The van der Waals surface area contributed by atoms with E-state index in [1.807, 2.05) is 0 Å². The number of nitrogens with zero attached hydrogens (tertiary/aromatic N) is 4. The first kappa shape index (κ1) is 31.0. The molecular weight excluding hydrogens is 582 g/mol. The van der Waals surface area contributed by atoms with Crippen molar-refractivity contribution in [2.24, 2.45) is 0 Å². The van der Waals surface area contributed by atoms with Crippen LogP contribution >= 0.6 is 0 Å². The van der Waals surface area contributed by atoms with Crippen LogP contribution in [0.15, 0.2) is 60.8 Å². The molecule has 220 valence electrons.